The van der Waals surface area contributed by atoms with Crippen LogP contribution in [0.1, 0.15) is 25.3 Å². The highest BCUT2D eigenvalue weighted by molar-refractivity contribution is 9.10. The van der Waals surface area contributed by atoms with E-state index in [1.807, 2.05) is 13.0 Å². The van der Waals surface area contributed by atoms with Gasteiger partial charge in [0, 0.05) is 22.7 Å². The molecule has 4 nitrogen and oxygen atoms in total. The highest BCUT2D eigenvalue weighted by atomic mass is 79.9. The average Bonchev–Trinajstić information content (AvgIpc) is 2.34. The molecule has 1 amide bonds. The molecule has 0 saturated carbocycles. The molecule has 2 rings (SSSR count). The number of hydrogen-bond acceptors (Lipinski definition) is 3. The van der Waals surface area contributed by atoms with E-state index in [4.69, 9.17) is 11.5 Å². The van der Waals surface area contributed by atoms with E-state index in [0.29, 0.717) is 12.6 Å². The molecule has 5 heteroatoms. The molecule has 0 aliphatic carbocycles. The molecule has 4 N–H and O–H groups in total. The molecule has 2 atom stereocenters. The van der Waals surface area contributed by atoms with Crippen LogP contribution in [0.25, 0.3) is 0 Å². The molecule has 0 radical (unpaired) electrons. The van der Waals surface area contributed by atoms with Crippen LogP contribution in [0.15, 0.2) is 16.6 Å². The summed E-state index contributed by atoms with van der Waals surface area (Å²) in [5.74, 6) is -0.277. The van der Waals surface area contributed by atoms with Crippen LogP contribution in [0.3, 0.4) is 0 Å². The molecule has 1 fully saturated rings. The van der Waals surface area contributed by atoms with Crippen molar-refractivity contribution in [3.63, 3.8) is 0 Å². The second kappa shape index (κ2) is 5.41. The van der Waals surface area contributed by atoms with Crippen LogP contribution < -0.4 is 16.4 Å². The van der Waals surface area contributed by atoms with Crippen LogP contribution in [0, 0.1) is 12.8 Å². The molecule has 1 saturated heterocycles. The van der Waals surface area contributed by atoms with Crippen LogP contribution >= 0.6 is 15.9 Å². The zero-order valence-electron chi connectivity index (χ0n) is 11.3. The highest BCUT2D eigenvalue weighted by Crippen LogP contribution is 2.35. The molecular formula is C14H20BrN3O. The molecule has 1 aromatic carbocycles. The first kappa shape index (κ1) is 14.2. The van der Waals surface area contributed by atoms with Crippen molar-refractivity contribution in [2.75, 3.05) is 17.2 Å². The van der Waals surface area contributed by atoms with Crippen molar-refractivity contribution < 1.29 is 4.79 Å². The lowest BCUT2D eigenvalue weighted by Gasteiger charge is -2.39. The molecular weight excluding hydrogens is 306 g/mol. The van der Waals surface area contributed by atoms with Gasteiger partial charge in [0.15, 0.2) is 0 Å². The van der Waals surface area contributed by atoms with E-state index in [-0.39, 0.29) is 11.8 Å². The average molecular weight is 326 g/mol. The third-order valence-electron chi connectivity index (χ3n) is 3.93. The number of benzene rings is 1. The Hall–Kier alpha value is -1.23. The summed E-state index contributed by atoms with van der Waals surface area (Å²) in [5, 5.41) is 0. The highest BCUT2D eigenvalue weighted by Gasteiger charge is 2.29. The van der Waals surface area contributed by atoms with Crippen molar-refractivity contribution in [1.29, 1.82) is 0 Å². The van der Waals surface area contributed by atoms with Gasteiger partial charge in [0.2, 0.25) is 5.91 Å². The van der Waals surface area contributed by atoms with Gasteiger partial charge in [-0.15, -0.1) is 0 Å². The Balaban J connectivity index is 2.33. The third kappa shape index (κ3) is 2.86. The fourth-order valence-electron chi connectivity index (χ4n) is 2.58. The second-order valence-electron chi connectivity index (χ2n) is 5.34. The van der Waals surface area contributed by atoms with Gasteiger partial charge < -0.3 is 16.4 Å². The maximum absolute atomic E-state index is 11.4. The van der Waals surface area contributed by atoms with E-state index in [0.717, 1.165) is 34.3 Å². The van der Waals surface area contributed by atoms with Crippen LogP contribution in [0.5, 0.6) is 0 Å². The predicted octanol–water partition coefficient (Wildman–Crippen LogP) is 2.43. The predicted molar refractivity (Wildman–Crippen MR) is 82.0 cm³/mol. The Labute approximate surface area is 122 Å². The number of carbonyl (C=O) groups excluding carboxylic acids is 1. The van der Waals surface area contributed by atoms with Gasteiger partial charge in [0.1, 0.15) is 0 Å². The number of nitrogens with zero attached hydrogens (tertiary/aromatic N) is 1. The number of amides is 1. The molecule has 0 bridgehead atoms. The molecule has 1 heterocycles. The smallest absolute Gasteiger partial charge is 0.222 e. The molecule has 104 valence electrons. The number of nitrogens with two attached hydrogens (primary N) is 2. The molecule has 1 aromatic rings. The van der Waals surface area contributed by atoms with Gasteiger partial charge in [-0.3, -0.25) is 4.79 Å². The molecule has 19 heavy (non-hydrogen) atoms. The quantitative estimate of drug-likeness (QED) is 0.820. The minimum absolute atomic E-state index is 0.0686. The topological polar surface area (TPSA) is 72.3 Å². The first-order chi connectivity index (χ1) is 8.90. The van der Waals surface area contributed by atoms with Crippen molar-refractivity contribution >= 4 is 33.2 Å². The largest absolute Gasteiger partial charge is 0.398 e. The van der Waals surface area contributed by atoms with Crippen molar-refractivity contribution in [3.8, 4) is 0 Å². The minimum atomic E-state index is -0.208. The van der Waals surface area contributed by atoms with Crippen LogP contribution in [-0.4, -0.2) is 18.5 Å². The van der Waals surface area contributed by atoms with E-state index in [2.05, 4.69) is 33.8 Å². The van der Waals surface area contributed by atoms with Gasteiger partial charge >= 0.3 is 0 Å². The van der Waals surface area contributed by atoms with E-state index in [1.165, 1.54) is 0 Å². The number of aryl methyl sites for hydroxylation is 1. The van der Waals surface area contributed by atoms with Crippen LogP contribution in [0.4, 0.5) is 11.4 Å². The SMILES string of the molecule is Cc1cc(N2CC(C(N)=O)CCC2C)c(Br)cc1N. The summed E-state index contributed by atoms with van der Waals surface area (Å²) < 4.78 is 0.965. The summed E-state index contributed by atoms with van der Waals surface area (Å²) in [6.45, 7) is 4.85. The normalized spacial score (nSPS) is 23.4. The summed E-state index contributed by atoms with van der Waals surface area (Å²) in [6, 6.07) is 4.39. The second-order valence-corrected chi connectivity index (χ2v) is 6.19. The number of carbonyl (C=O) groups is 1. The first-order valence-electron chi connectivity index (χ1n) is 6.51. The monoisotopic (exact) mass is 325 g/mol. The minimum Gasteiger partial charge on any atom is -0.398 e. The molecule has 1 aliphatic rings. The maximum atomic E-state index is 11.4. The molecule has 2 unspecified atom stereocenters. The summed E-state index contributed by atoms with van der Waals surface area (Å²) in [7, 11) is 0. The lowest BCUT2D eigenvalue weighted by atomic mass is 9.92. The van der Waals surface area contributed by atoms with Crippen molar-refractivity contribution in [3.05, 3.63) is 22.2 Å². The van der Waals surface area contributed by atoms with Crippen LogP contribution in [-0.2, 0) is 4.79 Å². The Morgan fingerprint density at radius 2 is 2.11 bits per heavy atom. The van der Waals surface area contributed by atoms with Crippen molar-refractivity contribution in [1.82, 2.24) is 0 Å². The number of anilines is 2. The van der Waals surface area contributed by atoms with Gasteiger partial charge in [0.05, 0.1) is 11.6 Å². The number of halogens is 1. The molecule has 0 spiro atoms. The van der Waals surface area contributed by atoms with Crippen LogP contribution in [0.2, 0.25) is 0 Å². The Morgan fingerprint density at radius 1 is 1.42 bits per heavy atom. The van der Waals surface area contributed by atoms with Gasteiger partial charge in [0.25, 0.3) is 0 Å². The standard InChI is InChI=1S/C14H20BrN3O/c1-8-5-13(11(15)6-12(8)16)18-7-10(14(17)19)4-3-9(18)2/h5-6,9-10H,3-4,7,16H2,1-2H3,(H2,17,19). The van der Waals surface area contributed by atoms with E-state index in [9.17, 15) is 4.79 Å². The summed E-state index contributed by atoms with van der Waals surface area (Å²) in [4.78, 5) is 13.7. The van der Waals surface area contributed by atoms with Crippen molar-refractivity contribution in [2.45, 2.75) is 32.7 Å². The summed E-state index contributed by atoms with van der Waals surface area (Å²) >= 11 is 3.56. The number of piperidine rings is 1. The maximum Gasteiger partial charge on any atom is 0.222 e. The number of rotatable bonds is 2. The fourth-order valence-corrected chi connectivity index (χ4v) is 3.17. The Bertz CT molecular complexity index is 504. The summed E-state index contributed by atoms with van der Waals surface area (Å²) in [5.41, 5.74) is 14.3. The fraction of sp³-hybridized carbons (Fsp3) is 0.500. The molecule has 1 aliphatic heterocycles. The number of primary amides is 1. The lowest BCUT2D eigenvalue weighted by molar-refractivity contribution is -0.122. The van der Waals surface area contributed by atoms with E-state index >= 15 is 0 Å². The first-order valence-corrected chi connectivity index (χ1v) is 7.31. The van der Waals surface area contributed by atoms with Gasteiger partial charge in [-0.2, -0.15) is 0 Å². The van der Waals surface area contributed by atoms with Gasteiger partial charge in [-0.1, -0.05) is 0 Å². The number of nitrogen functional groups attached to an aromatic ring is 1. The zero-order valence-corrected chi connectivity index (χ0v) is 12.9. The van der Waals surface area contributed by atoms with E-state index < -0.39 is 0 Å². The van der Waals surface area contributed by atoms with E-state index in [1.54, 1.807) is 0 Å². The van der Waals surface area contributed by atoms with Gasteiger partial charge in [-0.05, 0) is 60.3 Å². The zero-order chi connectivity index (χ0) is 14.2. The lowest BCUT2D eigenvalue weighted by Crippen LogP contribution is -2.46. The molecule has 0 aromatic heterocycles. The Morgan fingerprint density at radius 3 is 2.74 bits per heavy atom. The summed E-state index contributed by atoms with van der Waals surface area (Å²) in [6.07, 6.45) is 1.85. The Kier molecular flexibility index (Phi) is 4.04. The van der Waals surface area contributed by atoms with Crippen molar-refractivity contribution in [2.24, 2.45) is 11.7 Å². The van der Waals surface area contributed by atoms with Gasteiger partial charge in [-0.25, -0.2) is 0 Å². The third-order valence-corrected chi connectivity index (χ3v) is 4.56. The number of hydrogen-bond donors (Lipinski definition) is 2.